The number of carbonyl (C=O) groups excluding carboxylic acids is 1. The molecule has 32 heavy (non-hydrogen) atoms. The Labute approximate surface area is 194 Å². The smallest absolute Gasteiger partial charge is 0.411 e. The molecule has 4 aromatic rings. The molecule has 0 saturated carbocycles. The van der Waals surface area contributed by atoms with Crippen LogP contribution >= 0.6 is 18.9 Å². The zero-order chi connectivity index (χ0) is 22.2. The number of anilines is 1. The van der Waals surface area contributed by atoms with Crippen LogP contribution in [0.2, 0.25) is 5.02 Å². The molecule has 0 saturated heterocycles. The zero-order valence-corrected chi connectivity index (χ0v) is 19.2. The van der Waals surface area contributed by atoms with Crippen LogP contribution in [0.1, 0.15) is 0 Å². The molecule has 0 aliphatic rings. The maximum atomic E-state index is 12.4. The average molecular weight is 461 g/mol. The van der Waals surface area contributed by atoms with Gasteiger partial charge in [0.2, 0.25) is 0 Å². The van der Waals surface area contributed by atoms with Gasteiger partial charge in [0, 0.05) is 10.7 Å². The van der Waals surface area contributed by atoms with Crippen LogP contribution in [0.3, 0.4) is 0 Å². The van der Waals surface area contributed by atoms with E-state index in [1.807, 2.05) is 18.2 Å². The summed E-state index contributed by atoms with van der Waals surface area (Å²) in [6.07, 6.45) is 0.235. The Bertz CT molecular complexity index is 1040. The molecule has 0 heterocycles. The molecule has 0 atom stereocenters. The first-order valence-electron chi connectivity index (χ1n) is 10.4. The summed E-state index contributed by atoms with van der Waals surface area (Å²) < 4.78 is 5.64. The van der Waals surface area contributed by atoms with Crippen molar-refractivity contribution in [1.29, 1.82) is 0 Å². The summed E-state index contributed by atoms with van der Waals surface area (Å²) in [6.45, 7) is 0.298. The van der Waals surface area contributed by atoms with Gasteiger partial charge in [-0.05, 0) is 60.7 Å². The first-order valence-corrected chi connectivity index (χ1v) is 12.8. The number of ether oxygens (including phenoxy) is 1. The number of hydrogen-bond acceptors (Lipinski definition) is 2. The van der Waals surface area contributed by atoms with Crippen molar-refractivity contribution in [3.63, 3.8) is 0 Å². The van der Waals surface area contributed by atoms with Crippen molar-refractivity contribution in [3.05, 3.63) is 120 Å². The van der Waals surface area contributed by atoms with E-state index >= 15 is 0 Å². The van der Waals surface area contributed by atoms with E-state index in [0.29, 0.717) is 23.5 Å². The molecule has 3 nitrogen and oxygen atoms in total. The van der Waals surface area contributed by atoms with Gasteiger partial charge in [-0.1, -0.05) is 66.2 Å². The van der Waals surface area contributed by atoms with Crippen LogP contribution in [0, 0.1) is 0 Å². The van der Waals surface area contributed by atoms with Crippen LogP contribution < -0.4 is 21.2 Å². The Balaban J connectivity index is 1.62. The van der Waals surface area contributed by atoms with E-state index in [1.165, 1.54) is 15.9 Å². The van der Waals surface area contributed by atoms with Crippen molar-refractivity contribution in [2.24, 2.45) is 0 Å². The van der Waals surface area contributed by atoms with Crippen molar-refractivity contribution in [2.75, 3.05) is 18.1 Å². The predicted molar refractivity (Wildman–Crippen MR) is 136 cm³/mol. The molecule has 0 aromatic heterocycles. The third-order valence-corrected chi connectivity index (χ3v) is 9.99. The summed E-state index contributed by atoms with van der Waals surface area (Å²) in [6, 6.07) is 38.6. The van der Waals surface area contributed by atoms with Crippen molar-refractivity contribution < 1.29 is 9.53 Å². The van der Waals surface area contributed by atoms with E-state index in [-0.39, 0.29) is 0 Å². The Morgan fingerprint density at radius 3 is 1.56 bits per heavy atom. The molecule has 1 amide bonds. The molecule has 0 bridgehead atoms. The number of hydrogen-bond donors (Lipinski definition) is 1. The molecule has 0 spiro atoms. The van der Waals surface area contributed by atoms with Gasteiger partial charge in [-0.15, -0.1) is 0 Å². The summed E-state index contributed by atoms with van der Waals surface area (Å²) in [5.41, 5.74) is 0.648. The molecule has 1 N–H and O–H groups in total. The second-order valence-electron chi connectivity index (χ2n) is 7.31. The summed E-state index contributed by atoms with van der Waals surface area (Å²) in [5, 5.41) is 7.17. The van der Waals surface area contributed by atoms with Crippen LogP contribution in [0.25, 0.3) is 0 Å². The van der Waals surface area contributed by atoms with E-state index < -0.39 is 13.4 Å². The summed E-state index contributed by atoms with van der Waals surface area (Å²) in [5.74, 6) is 0. The lowest BCUT2D eigenvalue weighted by Crippen LogP contribution is -2.35. The van der Waals surface area contributed by atoms with Crippen LogP contribution in [0.15, 0.2) is 115 Å². The molecule has 0 radical (unpaired) electrons. The van der Waals surface area contributed by atoms with Gasteiger partial charge in [0.25, 0.3) is 0 Å². The van der Waals surface area contributed by atoms with Gasteiger partial charge < -0.3 is 4.74 Å². The van der Waals surface area contributed by atoms with Gasteiger partial charge in [-0.3, -0.25) is 5.32 Å². The number of halogens is 1. The molecular formula is C27H24ClNO2P+. The molecule has 0 aliphatic carbocycles. The fourth-order valence-corrected chi connectivity index (χ4v) is 8.05. The van der Waals surface area contributed by atoms with E-state index in [9.17, 15) is 4.79 Å². The highest BCUT2D eigenvalue weighted by molar-refractivity contribution is 7.95. The Hall–Kier alpha value is -3.13. The normalized spacial score (nSPS) is 11.0. The summed E-state index contributed by atoms with van der Waals surface area (Å²) >= 11 is 5.92. The standard InChI is InChI=1S/C27H23ClNO2P/c28-22-16-18-23(19-17-22)29-27(30)31-20-21-32(24-10-4-1-5-11-24,25-12-6-2-7-13-25)26-14-8-3-9-15-26/h1-19H,20-21H2/p+1. The van der Waals surface area contributed by atoms with Crippen molar-refractivity contribution in [3.8, 4) is 0 Å². The summed E-state index contributed by atoms with van der Waals surface area (Å²) in [4.78, 5) is 12.4. The Kier molecular flexibility index (Phi) is 7.21. The number of amides is 1. The van der Waals surface area contributed by atoms with Gasteiger partial charge in [-0.2, -0.15) is 0 Å². The first-order chi connectivity index (χ1) is 15.7. The molecule has 4 rings (SSSR count). The van der Waals surface area contributed by atoms with Crippen LogP contribution in [0.5, 0.6) is 0 Å². The topological polar surface area (TPSA) is 38.3 Å². The number of rotatable bonds is 7. The minimum atomic E-state index is -2.02. The monoisotopic (exact) mass is 460 g/mol. The van der Waals surface area contributed by atoms with Gasteiger partial charge in [0.15, 0.2) is 0 Å². The molecule has 0 unspecified atom stereocenters. The molecule has 0 aliphatic heterocycles. The lowest BCUT2D eigenvalue weighted by molar-refractivity contribution is 0.168. The fourth-order valence-electron chi connectivity index (χ4n) is 3.84. The van der Waals surface area contributed by atoms with E-state index in [2.05, 4.69) is 78.1 Å². The second kappa shape index (κ2) is 10.5. The lowest BCUT2D eigenvalue weighted by Gasteiger charge is -2.27. The maximum Gasteiger partial charge on any atom is 0.411 e. The second-order valence-corrected chi connectivity index (χ2v) is 11.4. The zero-order valence-electron chi connectivity index (χ0n) is 17.5. The fraction of sp³-hybridized carbons (Fsp3) is 0.0741. The Morgan fingerprint density at radius 2 is 1.12 bits per heavy atom. The van der Waals surface area contributed by atoms with E-state index in [0.717, 1.165) is 0 Å². The highest BCUT2D eigenvalue weighted by Gasteiger charge is 2.45. The van der Waals surface area contributed by atoms with Gasteiger partial charge in [-0.25, -0.2) is 4.79 Å². The predicted octanol–water partition coefficient (Wildman–Crippen LogP) is 5.88. The molecule has 4 aromatic carbocycles. The van der Waals surface area contributed by atoms with Crippen molar-refractivity contribution in [1.82, 2.24) is 0 Å². The molecule has 160 valence electrons. The van der Waals surface area contributed by atoms with Gasteiger partial charge in [0.05, 0.1) is 0 Å². The van der Waals surface area contributed by atoms with E-state index in [1.54, 1.807) is 24.3 Å². The maximum absolute atomic E-state index is 12.4. The third kappa shape index (κ3) is 5.02. The quantitative estimate of drug-likeness (QED) is 0.350. The molecule has 0 fully saturated rings. The number of nitrogens with one attached hydrogen (secondary N) is 1. The minimum absolute atomic E-state index is 0.298. The number of benzene rings is 4. The highest BCUT2D eigenvalue weighted by atomic mass is 35.5. The molecule has 5 heteroatoms. The first kappa shape index (κ1) is 22.1. The van der Waals surface area contributed by atoms with Gasteiger partial charge >= 0.3 is 6.09 Å². The Morgan fingerprint density at radius 1 is 0.688 bits per heavy atom. The van der Waals surface area contributed by atoms with Crippen LogP contribution in [-0.2, 0) is 4.74 Å². The van der Waals surface area contributed by atoms with Crippen molar-refractivity contribution >= 4 is 46.6 Å². The number of carbonyl (C=O) groups is 1. The van der Waals surface area contributed by atoms with E-state index in [4.69, 9.17) is 16.3 Å². The lowest BCUT2D eigenvalue weighted by atomic mass is 10.3. The largest absolute Gasteiger partial charge is 0.445 e. The SMILES string of the molecule is O=C(Nc1ccc(Cl)cc1)OCC[P+](c1ccccc1)(c1ccccc1)c1ccccc1. The van der Waals surface area contributed by atoms with Gasteiger partial charge in [0.1, 0.15) is 35.9 Å². The third-order valence-electron chi connectivity index (χ3n) is 5.34. The van der Waals surface area contributed by atoms with Crippen LogP contribution in [0.4, 0.5) is 10.5 Å². The average Bonchev–Trinajstić information content (AvgIpc) is 2.85. The minimum Gasteiger partial charge on any atom is -0.445 e. The molecular weight excluding hydrogens is 437 g/mol. The summed E-state index contributed by atoms with van der Waals surface area (Å²) in [7, 11) is -2.02. The van der Waals surface area contributed by atoms with Crippen LogP contribution in [-0.4, -0.2) is 18.9 Å². The van der Waals surface area contributed by atoms with Crippen molar-refractivity contribution in [2.45, 2.75) is 0 Å². The highest BCUT2D eigenvalue weighted by Crippen LogP contribution is 2.54.